The van der Waals surface area contributed by atoms with Gasteiger partial charge in [0.25, 0.3) is 0 Å². The molecule has 0 radical (unpaired) electrons. The lowest BCUT2D eigenvalue weighted by Gasteiger charge is -2.40. The van der Waals surface area contributed by atoms with Crippen LogP contribution in [0.1, 0.15) is 58.8 Å². The van der Waals surface area contributed by atoms with Gasteiger partial charge in [-0.3, -0.25) is 4.90 Å². The standard InChI is InChI=1S/C14H28N2/c1-14(2)10-12(8-9-15)11-16(14)13-6-4-3-5-7-13/h12-13H,3-11,15H2,1-2H3. The van der Waals surface area contributed by atoms with Gasteiger partial charge < -0.3 is 5.73 Å². The van der Waals surface area contributed by atoms with E-state index in [1.165, 1.54) is 51.5 Å². The normalized spacial score (nSPS) is 32.1. The Bertz CT molecular complexity index is 219. The molecule has 0 amide bonds. The number of rotatable bonds is 3. The van der Waals surface area contributed by atoms with Crippen molar-refractivity contribution < 1.29 is 0 Å². The Labute approximate surface area is 101 Å². The first kappa shape index (κ1) is 12.4. The molecule has 94 valence electrons. The van der Waals surface area contributed by atoms with Crippen LogP contribution in [0.3, 0.4) is 0 Å². The third kappa shape index (κ3) is 2.60. The van der Waals surface area contributed by atoms with Crippen molar-refractivity contribution in [1.82, 2.24) is 4.90 Å². The van der Waals surface area contributed by atoms with Crippen LogP contribution in [0.4, 0.5) is 0 Å². The Morgan fingerprint density at radius 1 is 1.19 bits per heavy atom. The maximum Gasteiger partial charge on any atom is 0.0159 e. The molecule has 1 heterocycles. The summed E-state index contributed by atoms with van der Waals surface area (Å²) < 4.78 is 0. The van der Waals surface area contributed by atoms with E-state index in [0.717, 1.165) is 18.5 Å². The lowest BCUT2D eigenvalue weighted by Crippen LogP contribution is -2.46. The van der Waals surface area contributed by atoms with Gasteiger partial charge >= 0.3 is 0 Å². The van der Waals surface area contributed by atoms with Gasteiger partial charge in [-0.15, -0.1) is 0 Å². The number of nitrogens with zero attached hydrogens (tertiary/aromatic N) is 1. The van der Waals surface area contributed by atoms with Crippen molar-refractivity contribution in [3.8, 4) is 0 Å². The molecule has 2 heteroatoms. The van der Waals surface area contributed by atoms with Crippen molar-refractivity contribution in [3.63, 3.8) is 0 Å². The molecule has 1 atom stereocenters. The fourth-order valence-electron chi connectivity index (χ4n) is 3.88. The zero-order valence-electron chi connectivity index (χ0n) is 11.0. The second-order valence-electron chi connectivity index (χ2n) is 6.40. The summed E-state index contributed by atoms with van der Waals surface area (Å²) in [5.41, 5.74) is 6.12. The molecule has 0 bridgehead atoms. The van der Waals surface area contributed by atoms with E-state index in [1.807, 2.05) is 0 Å². The quantitative estimate of drug-likeness (QED) is 0.798. The molecule has 16 heavy (non-hydrogen) atoms. The predicted molar refractivity (Wildman–Crippen MR) is 69.4 cm³/mol. The predicted octanol–water partition coefficient (Wildman–Crippen LogP) is 2.77. The zero-order chi connectivity index (χ0) is 11.6. The Morgan fingerprint density at radius 3 is 2.50 bits per heavy atom. The average molecular weight is 224 g/mol. The highest BCUT2D eigenvalue weighted by Gasteiger charge is 2.41. The van der Waals surface area contributed by atoms with Crippen molar-refractivity contribution in [1.29, 1.82) is 0 Å². The molecule has 2 rings (SSSR count). The zero-order valence-corrected chi connectivity index (χ0v) is 11.0. The summed E-state index contributed by atoms with van der Waals surface area (Å²) in [5, 5.41) is 0. The van der Waals surface area contributed by atoms with E-state index in [0.29, 0.717) is 5.54 Å². The van der Waals surface area contributed by atoms with E-state index < -0.39 is 0 Å². The minimum absolute atomic E-state index is 0.418. The van der Waals surface area contributed by atoms with Crippen LogP contribution in [0, 0.1) is 5.92 Å². The molecule has 1 unspecified atom stereocenters. The molecular formula is C14H28N2. The second-order valence-corrected chi connectivity index (χ2v) is 6.40. The first-order chi connectivity index (χ1) is 7.63. The Kier molecular flexibility index (Phi) is 3.91. The van der Waals surface area contributed by atoms with Crippen LogP contribution < -0.4 is 5.73 Å². The summed E-state index contributed by atoms with van der Waals surface area (Å²) in [4.78, 5) is 2.80. The summed E-state index contributed by atoms with van der Waals surface area (Å²) in [6, 6.07) is 0.867. The first-order valence-corrected chi connectivity index (χ1v) is 7.10. The van der Waals surface area contributed by atoms with Gasteiger partial charge in [0, 0.05) is 18.1 Å². The van der Waals surface area contributed by atoms with Gasteiger partial charge in [0.1, 0.15) is 0 Å². The monoisotopic (exact) mass is 224 g/mol. The van der Waals surface area contributed by atoms with Gasteiger partial charge in [-0.1, -0.05) is 19.3 Å². The molecule has 0 spiro atoms. The molecule has 1 aliphatic heterocycles. The first-order valence-electron chi connectivity index (χ1n) is 7.10. The average Bonchev–Trinajstić information content (AvgIpc) is 2.55. The maximum atomic E-state index is 5.70. The van der Waals surface area contributed by atoms with Gasteiger partial charge in [0.2, 0.25) is 0 Å². The minimum Gasteiger partial charge on any atom is -0.330 e. The second kappa shape index (κ2) is 5.05. The molecule has 1 saturated carbocycles. The van der Waals surface area contributed by atoms with Gasteiger partial charge in [-0.2, -0.15) is 0 Å². The summed E-state index contributed by atoms with van der Waals surface area (Å²) >= 11 is 0. The van der Waals surface area contributed by atoms with Gasteiger partial charge in [-0.25, -0.2) is 0 Å². The van der Waals surface area contributed by atoms with Gasteiger partial charge in [-0.05, 0) is 52.0 Å². The number of hydrogen-bond acceptors (Lipinski definition) is 2. The highest BCUT2D eigenvalue weighted by Crippen LogP contribution is 2.39. The number of hydrogen-bond donors (Lipinski definition) is 1. The number of likely N-dealkylation sites (tertiary alicyclic amines) is 1. The van der Waals surface area contributed by atoms with E-state index >= 15 is 0 Å². The summed E-state index contributed by atoms with van der Waals surface area (Å²) in [6.45, 7) is 7.02. The largest absolute Gasteiger partial charge is 0.330 e. The van der Waals surface area contributed by atoms with Crippen molar-refractivity contribution >= 4 is 0 Å². The topological polar surface area (TPSA) is 29.3 Å². The lowest BCUT2D eigenvalue weighted by atomic mass is 9.90. The molecule has 0 aromatic heterocycles. The van der Waals surface area contributed by atoms with E-state index in [-0.39, 0.29) is 0 Å². The SMILES string of the molecule is CC1(C)CC(CCN)CN1C1CCCCC1. The van der Waals surface area contributed by atoms with E-state index in [9.17, 15) is 0 Å². The smallest absolute Gasteiger partial charge is 0.0159 e. The van der Waals surface area contributed by atoms with Crippen LogP contribution in [0.15, 0.2) is 0 Å². The van der Waals surface area contributed by atoms with Crippen LogP contribution in [0.5, 0.6) is 0 Å². The van der Waals surface area contributed by atoms with E-state index in [4.69, 9.17) is 5.73 Å². The highest BCUT2D eigenvalue weighted by molar-refractivity contribution is 4.96. The van der Waals surface area contributed by atoms with E-state index in [2.05, 4.69) is 18.7 Å². The molecule has 2 fully saturated rings. The van der Waals surface area contributed by atoms with Crippen LogP contribution >= 0.6 is 0 Å². The van der Waals surface area contributed by atoms with Crippen molar-refractivity contribution in [2.75, 3.05) is 13.1 Å². The van der Waals surface area contributed by atoms with E-state index in [1.54, 1.807) is 0 Å². The molecule has 2 aliphatic rings. The van der Waals surface area contributed by atoms with Gasteiger partial charge in [0.15, 0.2) is 0 Å². The van der Waals surface area contributed by atoms with Crippen molar-refractivity contribution in [2.24, 2.45) is 11.7 Å². The molecule has 2 nitrogen and oxygen atoms in total. The maximum absolute atomic E-state index is 5.70. The summed E-state index contributed by atoms with van der Waals surface area (Å²) in [5.74, 6) is 0.849. The molecule has 1 saturated heterocycles. The molecular weight excluding hydrogens is 196 g/mol. The molecule has 0 aromatic carbocycles. The Hall–Kier alpha value is -0.0800. The third-order valence-corrected chi connectivity index (χ3v) is 4.61. The minimum atomic E-state index is 0.418. The van der Waals surface area contributed by atoms with Crippen LogP contribution in [0.25, 0.3) is 0 Å². The molecule has 1 aliphatic carbocycles. The summed E-state index contributed by atoms with van der Waals surface area (Å²) in [7, 11) is 0. The van der Waals surface area contributed by atoms with Crippen LogP contribution in [0.2, 0.25) is 0 Å². The fraction of sp³-hybridized carbons (Fsp3) is 1.00. The van der Waals surface area contributed by atoms with Gasteiger partial charge in [0.05, 0.1) is 0 Å². The third-order valence-electron chi connectivity index (χ3n) is 4.61. The Balaban J connectivity index is 1.97. The van der Waals surface area contributed by atoms with Crippen molar-refractivity contribution in [3.05, 3.63) is 0 Å². The van der Waals surface area contributed by atoms with Crippen LogP contribution in [-0.4, -0.2) is 29.6 Å². The fourth-order valence-corrected chi connectivity index (χ4v) is 3.88. The van der Waals surface area contributed by atoms with Crippen LogP contribution in [-0.2, 0) is 0 Å². The highest BCUT2D eigenvalue weighted by atomic mass is 15.2. The number of nitrogens with two attached hydrogens (primary N) is 1. The van der Waals surface area contributed by atoms with Crippen molar-refractivity contribution in [2.45, 2.75) is 70.4 Å². The summed E-state index contributed by atoms with van der Waals surface area (Å²) in [6.07, 6.45) is 9.76. The molecule has 0 aromatic rings. The molecule has 2 N–H and O–H groups in total. The Morgan fingerprint density at radius 2 is 1.88 bits per heavy atom. The lowest BCUT2D eigenvalue weighted by molar-refractivity contribution is 0.0887.